The van der Waals surface area contributed by atoms with Gasteiger partial charge in [-0.05, 0) is 80.5 Å². The Kier molecular flexibility index (Phi) is 11.9. The molecular formula is C39H44ClFN6O8S2. The fourth-order valence-corrected chi connectivity index (χ4v) is 9.82. The standard InChI is InChI=1S/C39H44ClFN6O8S2/c1-3-6-25-18-39(25,36(50)45-57(52,53)28-14-15-28)44-34(48)33-17-27(55-38(51)46-19-24-7-4-8-30(40)29(24)21-46)20-47(33)35(49)31(9-5-16-54-2)42-37-43-32(22-56-37)23-10-12-26(41)13-11-23/h3-4,6-8,10-13,22,25,27-28,31,33H,5,9,14-21H2,1-2H3,(H,42,43)(H,44,48)(H,45,50)/b6-3-/t25-,27-,31+,33+,39-/m1/s1. The summed E-state index contributed by atoms with van der Waals surface area (Å²) in [5.41, 5.74) is 1.42. The van der Waals surface area contributed by atoms with E-state index in [-0.39, 0.29) is 44.7 Å². The van der Waals surface area contributed by atoms with Crippen LogP contribution in [0.2, 0.25) is 5.02 Å². The monoisotopic (exact) mass is 842 g/mol. The van der Waals surface area contributed by atoms with Crippen molar-refractivity contribution in [2.75, 3.05) is 25.6 Å². The van der Waals surface area contributed by atoms with Gasteiger partial charge in [0.25, 0.3) is 5.91 Å². The lowest BCUT2D eigenvalue weighted by molar-refractivity contribution is -0.140. The number of aromatic nitrogens is 1. The van der Waals surface area contributed by atoms with E-state index in [0.29, 0.717) is 47.3 Å². The minimum absolute atomic E-state index is 0.0754. The molecule has 5 atom stereocenters. The average molecular weight is 843 g/mol. The Morgan fingerprint density at radius 1 is 1.14 bits per heavy atom. The van der Waals surface area contributed by atoms with Gasteiger partial charge in [-0.3, -0.25) is 24.0 Å². The quantitative estimate of drug-likeness (QED) is 0.140. The molecule has 0 unspecified atom stereocenters. The zero-order valence-electron chi connectivity index (χ0n) is 31.4. The largest absolute Gasteiger partial charge is 0.444 e. The smallest absolute Gasteiger partial charge is 0.410 e. The van der Waals surface area contributed by atoms with Crippen LogP contribution in [-0.4, -0.2) is 96.3 Å². The van der Waals surface area contributed by atoms with Crippen molar-refractivity contribution < 1.29 is 41.5 Å². The second-order valence-electron chi connectivity index (χ2n) is 14.8. The van der Waals surface area contributed by atoms with Gasteiger partial charge in [0, 0.05) is 48.6 Å². The van der Waals surface area contributed by atoms with Gasteiger partial charge in [-0.15, -0.1) is 11.3 Å². The summed E-state index contributed by atoms with van der Waals surface area (Å²) in [6, 6.07) is 9.24. The zero-order chi connectivity index (χ0) is 40.5. The van der Waals surface area contributed by atoms with Gasteiger partial charge in [0.2, 0.25) is 21.8 Å². The number of carbonyl (C=O) groups excluding carboxylic acids is 4. The number of sulfonamides is 1. The highest BCUT2D eigenvalue weighted by Gasteiger charge is 2.62. The van der Waals surface area contributed by atoms with Crippen molar-refractivity contribution >= 4 is 61.9 Å². The molecule has 2 aromatic carbocycles. The molecule has 2 aliphatic carbocycles. The number of methoxy groups -OCH3 is 1. The first-order chi connectivity index (χ1) is 27.3. The summed E-state index contributed by atoms with van der Waals surface area (Å²) in [6.45, 7) is 2.50. The maximum atomic E-state index is 14.6. The fourth-order valence-electron chi connectivity index (χ4n) is 7.43. The predicted molar refractivity (Wildman–Crippen MR) is 211 cm³/mol. The third kappa shape index (κ3) is 8.96. The number of amides is 4. The number of thiazole rings is 1. The summed E-state index contributed by atoms with van der Waals surface area (Å²) in [5.74, 6) is -2.85. The molecule has 3 aromatic rings. The molecule has 3 fully saturated rings. The van der Waals surface area contributed by atoms with Crippen LogP contribution in [0, 0.1) is 11.7 Å². The van der Waals surface area contributed by atoms with Crippen LogP contribution in [0.15, 0.2) is 60.0 Å². The van der Waals surface area contributed by atoms with Gasteiger partial charge in [0.05, 0.1) is 24.0 Å². The van der Waals surface area contributed by atoms with Gasteiger partial charge < -0.3 is 25.0 Å². The average Bonchev–Trinajstić information content (AvgIpc) is 3.97. The number of fused-ring (bicyclic) bond motifs is 1. The van der Waals surface area contributed by atoms with Crippen LogP contribution in [0.1, 0.15) is 56.6 Å². The first kappa shape index (κ1) is 40.6. The molecule has 18 heteroatoms. The Labute approximate surface area is 339 Å². The lowest BCUT2D eigenvalue weighted by Gasteiger charge is -2.29. The zero-order valence-corrected chi connectivity index (χ0v) is 33.8. The molecule has 57 heavy (non-hydrogen) atoms. The molecule has 2 saturated carbocycles. The van der Waals surface area contributed by atoms with Gasteiger partial charge in [-0.25, -0.2) is 22.6 Å². The summed E-state index contributed by atoms with van der Waals surface area (Å²) in [7, 11) is -2.37. The number of hydrogen-bond donors (Lipinski definition) is 3. The summed E-state index contributed by atoms with van der Waals surface area (Å²) < 4.78 is 52.6. The van der Waals surface area contributed by atoms with E-state index in [1.165, 1.54) is 33.3 Å². The van der Waals surface area contributed by atoms with Crippen LogP contribution in [0.5, 0.6) is 0 Å². The topological polar surface area (TPSA) is 176 Å². The molecule has 14 nitrogen and oxygen atoms in total. The minimum atomic E-state index is -3.92. The number of anilines is 1. The molecule has 0 bridgehead atoms. The van der Waals surface area contributed by atoms with E-state index in [2.05, 4.69) is 20.3 Å². The van der Waals surface area contributed by atoms with Crippen molar-refractivity contribution in [2.45, 2.75) is 87.5 Å². The highest BCUT2D eigenvalue weighted by molar-refractivity contribution is 7.91. The van der Waals surface area contributed by atoms with Crippen molar-refractivity contribution in [3.8, 4) is 11.3 Å². The van der Waals surface area contributed by atoms with Crippen molar-refractivity contribution in [3.05, 3.63) is 82.0 Å². The van der Waals surface area contributed by atoms with E-state index in [0.717, 1.165) is 11.1 Å². The van der Waals surface area contributed by atoms with E-state index in [9.17, 15) is 32.0 Å². The summed E-state index contributed by atoms with van der Waals surface area (Å²) in [5, 5.41) is 8.12. The molecule has 0 radical (unpaired) electrons. The Bertz CT molecular complexity index is 2170. The third-order valence-corrected chi connectivity index (χ3v) is 13.7. The van der Waals surface area contributed by atoms with E-state index >= 15 is 0 Å². The molecule has 1 saturated heterocycles. The number of likely N-dealkylation sites (tertiary alicyclic amines) is 1. The lowest BCUT2D eigenvalue weighted by atomic mass is 10.1. The number of ether oxygens (including phenoxy) is 2. The Morgan fingerprint density at radius 3 is 2.61 bits per heavy atom. The van der Waals surface area contributed by atoms with Crippen LogP contribution < -0.4 is 15.4 Å². The first-order valence-corrected chi connectivity index (χ1v) is 21.6. The van der Waals surface area contributed by atoms with Gasteiger partial charge >= 0.3 is 6.09 Å². The van der Waals surface area contributed by atoms with Gasteiger partial charge in [0.15, 0.2) is 5.13 Å². The molecule has 1 aromatic heterocycles. The SMILES string of the molecule is C/C=C\[C@@H]1C[C@]1(NC(=O)[C@@H]1C[C@@H](OC(=O)N2Cc3cccc(Cl)c3C2)CN1C(=O)[C@H](CCCOC)Nc1nc(-c2ccc(F)cc2)cs1)C(=O)NS(=O)(=O)C1CC1. The normalized spacial score (nSPS) is 23.3. The van der Waals surface area contributed by atoms with Crippen molar-refractivity contribution in [1.29, 1.82) is 0 Å². The maximum Gasteiger partial charge on any atom is 0.410 e. The predicted octanol–water partition coefficient (Wildman–Crippen LogP) is 4.99. The maximum absolute atomic E-state index is 14.6. The van der Waals surface area contributed by atoms with E-state index < -0.39 is 68.7 Å². The van der Waals surface area contributed by atoms with E-state index in [4.69, 9.17) is 21.1 Å². The number of rotatable bonds is 15. The first-order valence-electron chi connectivity index (χ1n) is 18.8. The molecule has 4 amide bonds. The second kappa shape index (κ2) is 16.7. The van der Waals surface area contributed by atoms with Crippen LogP contribution in [0.3, 0.4) is 0 Å². The van der Waals surface area contributed by atoms with Gasteiger partial charge in [-0.2, -0.15) is 0 Å². The number of nitrogens with zero attached hydrogens (tertiary/aromatic N) is 3. The summed E-state index contributed by atoms with van der Waals surface area (Å²) in [6.07, 6.45) is 3.67. The molecule has 0 spiro atoms. The number of carbonyl (C=O) groups is 4. The number of benzene rings is 2. The highest BCUT2D eigenvalue weighted by Crippen LogP contribution is 2.46. The van der Waals surface area contributed by atoms with Gasteiger partial charge in [0.1, 0.15) is 29.5 Å². The molecule has 3 N–H and O–H groups in total. The molecule has 7 rings (SSSR count). The van der Waals surface area contributed by atoms with E-state index in [1.807, 2.05) is 6.07 Å². The molecule has 4 aliphatic rings. The Morgan fingerprint density at radius 2 is 1.91 bits per heavy atom. The van der Waals surface area contributed by atoms with Crippen LogP contribution >= 0.6 is 22.9 Å². The summed E-state index contributed by atoms with van der Waals surface area (Å²) >= 11 is 7.64. The van der Waals surface area contributed by atoms with Gasteiger partial charge in [-0.1, -0.05) is 35.9 Å². The summed E-state index contributed by atoms with van der Waals surface area (Å²) in [4.78, 5) is 63.7. The number of allylic oxidation sites excluding steroid dienone is 1. The van der Waals surface area contributed by atoms with Crippen molar-refractivity contribution in [3.63, 3.8) is 0 Å². The Balaban J connectivity index is 1.13. The minimum Gasteiger partial charge on any atom is -0.444 e. The third-order valence-electron chi connectivity index (χ3n) is 10.8. The van der Waals surface area contributed by atoms with Crippen LogP contribution in [0.25, 0.3) is 11.3 Å². The van der Waals surface area contributed by atoms with Crippen molar-refractivity contribution in [2.24, 2.45) is 5.92 Å². The van der Waals surface area contributed by atoms with E-state index in [1.54, 1.807) is 55.8 Å². The number of nitrogens with one attached hydrogen (secondary N) is 3. The van der Waals surface area contributed by atoms with Crippen LogP contribution in [0.4, 0.5) is 14.3 Å². The van der Waals surface area contributed by atoms with Crippen molar-refractivity contribution in [1.82, 2.24) is 24.8 Å². The lowest BCUT2D eigenvalue weighted by Crippen LogP contribution is -2.57. The Hall–Kier alpha value is -4.58. The molecular weight excluding hydrogens is 799 g/mol. The fraction of sp³-hybridized carbons (Fsp3) is 0.462. The molecule has 3 heterocycles. The second-order valence-corrected chi connectivity index (χ2v) is 18.1. The number of hydrogen-bond acceptors (Lipinski definition) is 11. The van der Waals surface area contributed by atoms with Crippen LogP contribution in [-0.2, 0) is 47.0 Å². The molecule has 2 aliphatic heterocycles. The number of halogens is 2. The highest BCUT2D eigenvalue weighted by atomic mass is 35.5. The molecule has 304 valence electrons.